The molecule has 0 spiro atoms. The number of benzene rings is 1. The SMILES string of the molecule is CC1=c2cc(C(C)(C)C)cc(C)c2=C(C)C2C1=CCCC2C. The molecule has 0 radical (unpaired) electrons. The van der Waals surface area contributed by atoms with E-state index in [0.29, 0.717) is 5.92 Å². The molecule has 3 rings (SSSR count). The van der Waals surface area contributed by atoms with Gasteiger partial charge in [0.05, 0.1) is 0 Å². The normalized spacial score (nSPS) is 24.8. The third-order valence-electron chi connectivity index (χ3n) is 5.79. The Balaban J connectivity index is 2.42. The molecule has 0 aliphatic heterocycles. The van der Waals surface area contributed by atoms with Crippen molar-refractivity contribution < 1.29 is 0 Å². The van der Waals surface area contributed by atoms with Crippen molar-refractivity contribution in [2.75, 3.05) is 0 Å². The summed E-state index contributed by atoms with van der Waals surface area (Å²) in [6.07, 6.45) is 5.07. The lowest BCUT2D eigenvalue weighted by Crippen LogP contribution is -2.41. The Labute approximate surface area is 135 Å². The molecule has 0 heterocycles. The first-order valence-electron chi connectivity index (χ1n) is 8.75. The van der Waals surface area contributed by atoms with E-state index in [1.807, 2.05) is 0 Å². The second-order valence-electron chi connectivity index (χ2n) is 8.47. The molecule has 0 N–H and O–H groups in total. The first kappa shape index (κ1) is 15.6. The first-order valence-corrected chi connectivity index (χ1v) is 8.75. The van der Waals surface area contributed by atoms with E-state index in [0.717, 1.165) is 5.92 Å². The van der Waals surface area contributed by atoms with Gasteiger partial charge in [0, 0.05) is 5.92 Å². The molecule has 0 heteroatoms. The molecule has 0 amide bonds. The highest BCUT2D eigenvalue weighted by Crippen LogP contribution is 2.40. The van der Waals surface area contributed by atoms with Gasteiger partial charge in [-0.2, -0.15) is 0 Å². The maximum Gasteiger partial charge on any atom is 0.00801 e. The van der Waals surface area contributed by atoms with Gasteiger partial charge in [-0.05, 0) is 77.7 Å². The zero-order valence-electron chi connectivity index (χ0n) is 15.3. The van der Waals surface area contributed by atoms with Gasteiger partial charge in [0.15, 0.2) is 0 Å². The molecule has 0 fully saturated rings. The fraction of sp³-hybridized carbons (Fsp3) is 0.545. The van der Waals surface area contributed by atoms with Gasteiger partial charge < -0.3 is 0 Å². The van der Waals surface area contributed by atoms with E-state index in [1.54, 1.807) is 11.1 Å². The van der Waals surface area contributed by atoms with Gasteiger partial charge in [-0.1, -0.05) is 51.5 Å². The highest BCUT2D eigenvalue weighted by atomic mass is 14.3. The molecule has 2 aliphatic rings. The van der Waals surface area contributed by atoms with Crippen LogP contribution < -0.4 is 10.4 Å². The van der Waals surface area contributed by atoms with E-state index < -0.39 is 0 Å². The van der Waals surface area contributed by atoms with Gasteiger partial charge in [0.25, 0.3) is 0 Å². The lowest BCUT2D eigenvalue weighted by atomic mass is 9.69. The summed E-state index contributed by atoms with van der Waals surface area (Å²) in [5.74, 6) is 1.41. The summed E-state index contributed by atoms with van der Waals surface area (Å²) < 4.78 is 0. The Morgan fingerprint density at radius 3 is 2.36 bits per heavy atom. The largest absolute Gasteiger partial charge is 0.0804 e. The highest BCUT2D eigenvalue weighted by Gasteiger charge is 2.30. The van der Waals surface area contributed by atoms with E-state index in [9.17, 15) is 0 Å². The second kappa shape index (κ2) is 5.11. The molecular formula is C22H30. The van der Waals surface area contributed by atoms with Crippen LogP contribution in [-0.2, 0) is 5.41 Å². The predicted molar refractivity (Wildman–Crippen MR) is 97.3 cm³/mol. The van der Waals surface area contributed by atoms with Crippen LogP contribution in [0.3, 0.4) is 0 Å². The molecule has 1 aromatic rings. The van der Waals surface area contributed by atoms with Gasteiger partial charge in [0.2, 0.25) is 0 Å². The number of aryl methyl sites for hydroxylation is 1. The van der Waals surface area contributed by atoms with Crippen LogP contribution in [0.5, 0.6) is 0 Å². The van der Waals surface area contributed by atoms with Crippen LogP contribution >= 0.6 is 0 Å². The number of fused-ring (bicyclic) bond motifs is 2. The standard InChI is InChI=1S/C22H30/c1-13-9-8-10-18-15(3)19-12-17(22(5,6)7)11-14(2)21(19)16(4)20(13)18/h10-13,20H,8-9H2,1-7H3. The lowest BCUT2D eigenvalue weighted by Gasteiger charge is -2.35. The third-order valence-corrected chi connectivity index (χ3v) is 5.79. The summed E-state index contributed by atoms with van der Waals surface area (Å²) in [6.45, 7) is 16.4. The Morgan fingerprint density at radius 1 is 1.05 bits per heavy atom. The van der Waals surface area contributed by atoms with Gasteiger partial charge in [-0.15, -0.1) is 0 Å². The second-order valence-corrected chi connectivity index (χ2v) is 8.47. The van der Waals surface area contributed by atoms with Crippen molar-refractivity contribution in [1.82, 2.24) is 0 Å². The highest BCUT2D eigenvalue weighted by molar-refractivity contribution is 5.74. The Morgan fingerprint density at radius 2 is 1.73 bits per heavy atom. The molecule has 0 saturated carbocycles. The summed E-state index contributed by atoms with van der Waals surface area (Å²) in [7, 11) is 0. The van der Waals surface area contributed by atoms with Crippen LogP contribution in [0.15, 0.2) is 23.8 Å². The fourth-order valence-corrected chi connectivity index (χ4v) is 4.50. The van der Waals surface area contributed by atoms with Crippen LogP contribution in [0.2, 0.25) is 0 Å². The minimum Gasteiger partial charge on any atom is -0.0804 e. The Kier molecular flexibility index (Phi) is 3.62. The lowest BCUT2D eigenvalue weighted by molar-refractivity contribution is 0.439. The maximum absolute atomic E-state index is 2.51. The smallest absolute Gasteiger partial charge is 0.00801 e. The molecule has 0 nitrogen and oxygen atoms in total. The van der Waals surface area contributed by atoms with Gasteiger partial charge >= 0.3 is 0 Å². The Bertz CT molecular complexity index is 765. The molecule has 2 unspecified atom stereocenters. The summed E-state index contributed by atoms with van der Waals surface area (Å²) >= 11 is 0. The average Bonchev–Trinajstić information content (AvgIpc) is 2.42. The van der Waals surface area contributed by atoms with Crippen LogP contribution in [-0.4, -0.2) is 0 Å². The summed E-state index contributed by atoms with van der Waals surface area (Å²) in [5, 5.41) is 3.01. The number of rotatable bonds is 0. The number of hydrogen-bond donors (Lipinski definition) is 0. The van der Waals surface area contributed by atoms with Crippen LogP contribution in [0.25, 0.3) is 11.1 Å². The van der Waals surface area contributed by atoms with Crippen molar-refractivity contribution >= 4 is 11.1 Å². The quantitative estimate of drug-likeness (QED) is 0.655. The molecule has 0 bridgehead atoms. The van der Waals surface area contributed by atoms with E-state index in [2.05, 4.69) is 66.7 Å². The molecule has 22 heavy (non-hydrogen) atoms. The maximum atomic E-state index is 2.51. The van der Waals surface area contributed by atoms with Gasteiger partial charge in [-0.3, -0.25) is 0 Å². The van der Waals surface area contributed by atoms with E-state index >= 15 is 0 Å². The first-order chi connectivity index (χ1) is 10.2. The van der Waals surface area contributed by atoms with E-state index in [1.165, 1.54) is 40.0 Å². The minimum absolute atomic E-state index is 0.207. The van der Waals surface area contributed by atoms with Crippen molar-refractivity contribution in [2.45, 2.75) is 66.7 Å². The monoisotopic (exact) mass is 294 g/mol. The molecule has 1 aromatic carbocycles. The molecule has 118 valence electrons. The van der Waals surface area contributed by atoms with Crippen LogP contribution in [0, 0.1) is 18.8 Å². The number of allylic oxidation sites excluding steroid dienone is 2. The summed E-state index contributed by atoms with van der Waals surface area (Å²) in [4.78, 5) is 0. The molecule has 2 atom stereocenters. The fourth-order valence-electron chi connectivity index (χ4n) is 4.50. The topological polar surface area (TPSA) is 0 Å². The van der Waals surface area contributed by atoms with E-state index in [4.69, 9.17) is 0 Å². The predicted octanol–water partition coefficient (Wildman–Crippen LogP) is 4.62. The molecule has 0 aromatic heterocycles. The van der Waals surface area contributed by atoms with Crippen molar-refractivity contribution in [2.24, 2.45) is 11.8 Å². The van der Waals surface area contributed by atoms with Gasteiger partial charge in [-0.25, -0.2) is 0 Å². The van der Waals surface area contributed by atoms with Crippen molar-refractivity contribution in [1.29, 1.82) is 0 Å². The molecule has 2 aliphatic carbocycles. The third kappa shape index (κ3) is 2.28. The summed E-state index contributed by atoms with van der Waals surface area (Å²) in [6, 6.07) is 4.87. The summed E-state index contributed by atoms with van der Waals surface area (Å²) in [5.41, 5.74) is 7.84. The van der Waals surface area contributed by atoms with Crippen molar-refractivity contribution in [3.05, 3.63) is 45.3 Å². The minimum atomic E-state index is 0.207. The number of hydrogen-bond acceptors (Lipinski definition) is 0. The molecule has 0 saturated heterocycles. The van der Waals surface area contributed by atoms with Crippen LogP contribution in [0.4, 0.5) is 0 Å². The average molecular weight is 294 g/mol. The van der Waals surface area contributed by atoms with Crippen LogP contribution in [0.1, 0.15) is 65.5 Å². The van der Waals surface area contributed by atoms with E-state index in [-0.39, 0.29) is 5.41 Å². The zero-order valence-corrected chi connectivity index (χ0v) is 15.3. The molecular weight excluding hydrogens is 264 g/mol. The zero-order chi connectivity index (χ0) is 16.2. The van der Waals surface area contributed by atoms with Crippen molar-refractivity contribution in [3.63, 3.8) is 0 Å². The van der Waals surface area contributed by atoms with Gasteiger partial charge in [0.1, 0.15) is 0 Å². The Hall–Kier alpha value is -1.30. The van der Waals surface area contributed by atoms with Crippen molar-refractivity contribution in [3.8, 4) is 0 Å².